The number of aromatic nitrogens is 4. The van der Waals surface area contributed by atoms with E-state index in [1.165, 1.54) is 0 Å². The lowest BCUT2D eigenvalue weighted by molar-refractivity contribution is 0.281. The Hall–Kier alpha value is -1.69. The fourth-order valence-electron chi connectivity index (χ4n) is 2.53. The van der Waals surface area contributed by atoms with Crippen LogP contribution in [0.3, 0.4) is 0 Å². The Morgan fingerprint density at radius 1 is 1.35 bits per heavy atom. The van der Waals surface area contributed by atoms with Crippen molar-refractivity contribution in [3.8, 4) is 11.5 Å². The molecule has 2 atom stereocenters. The van der Waals surface area contributed by atoms with Gasteiger partial charge in [0.1, 0.15) is 5.69 Å². The smallest absolute Gasteiger partial charge is 0.231 e. The first-order chi connectivity index (χ1) is 9.52. The van der Waals surface area contributed by atoms with E-state index in [4.69, 9.17) is 4.52 Å². The van der Waals surface area contributed by atoms with Gasteiger partial charge in [-0.05, 0) is 25.5 Å². The molecule has 0 amide bonds. The van der Waals surface area contributed by atoms with Crippen molar-refractivity contribution in [1.29, 1.82) is 0 Å². The van der Waals surface area contributed by atoms with Gasteiger partial charge in [-0.25, -0.2) is 0 Å². The summed E-state index contributed by atoms with van der Waals surface area (Å²) in [6, 6.07) is 2.17. The van der Waals surface area contributed by atoms with Crippen LogP contribution in [0.2, 0.25) is 0 Å². The molecule has 20 heavy (non-hydrogen) atoms. The molecule has 0 bridgehead atoms. The van der Waals surface area contributed by atoms with Gasteiger partial charge in [0.05, 0.1) is 5.92 Å². The zero-order chi connectivity index (χ0) is 14.7. The summed E-state index contributed by atoms with van der Waals surface area (Å²) >= 11 is 0. The predicted octanol–water partition coefficient (Wildman–Crippen LogP) is 2.21. The van der Waals surface area contributed by atoms with Crippen molar-refractivity contribution in [2.24, 2.45) is 13.0 Å². The average Bonchev–Trinajstić information content (AvgIpc) is 2.98. The lowest BCUT2D eigenvalue weighted by Gasteiger charge is -2.24. The van der Waals surface area contributed by atoms with E-state index in [0.29, 0.717) is 17.6 Å². The summed E-state index contributed by atoms with van der Waals surface area (Å²) in [5.74, 6) is 1.84. The lowest BCUT2D eigenvalue weighted by atomic mass is 9.89. The van der Waals surface area contributed by atoms with Crippen molar-refractivity contribution in [2.45, 2.75) is 39.7 Å². The van der Waals surface area contributed by atoms with Crippen LogP contribution in [0.1, 0.15) is 39.5 Å². The maximum Gasteiger partial charge on any atom is 0.231 e. The fourth-order valence-corrected chi connectivity index (χ4v) is 2.53. The summed E-state index contributed by atoms with van der Waals surface area (Å²) in [7, 11) is 1.87. The Labute approximate surface area is 119 Å². The van der Waals surface area contributed by atoms with Crippen molar-refractivity contribution < 1.29 is 4.52 Å². The second-order valence-electron chi connectivity index (χ2n) is 5.45. The molecule has 110 valence electrons. The molecular weight excluding hydrogens is 254 g/mol. The summed E-state index contributed by atoms with van der Waals surface area (Å²) in [5.41, 5.74) is 0.737. The molecule has 6 heteroatoms. The monoisotopic (exact) mass is 277 g/mol. The Morgan fingerprint density at radius 2 is 2.10 bits per heavy atom. The first-order valence-corrected chi connectivity index (χ1v) is 7.10. The van der Waals surface area contributed by atoms with Gasteiger partial charge in [-0.1, -0.05) is 25.9 Å². The molecule has 1 N–H and O–H groups in total. The van der Waals surface area contributed by atoms with Crippen LogP contribution in [0.4, 0.5) is 0 Å². The molecule has 0 aliphatic carbocycles. The number of hydrogen-bond donors (Lipinski definition) is 1. The van der Waals surface area contributed by atoms with Crippen LogP contribution in [-0.4, -0.2) is 32.5 Å². The van der Waals surface area contributed by atoms with E-state index >= 15 is 0 Å². The molecule has 6 nitrogen and oxygen atoms in total. The standard InChI is InChI=1S/C14H23N5O/c1-6-15-10(4)12(9(2)3)14-16-13(18-20-14)11-7-8-19(5)17-11/h7-10,12,15H,6H2,1-5H3. The topological polar surface area (TPSA) is 68.8 Å². The van der Waals surface area contributed by atoms with Gasteiger partial charge in [-0.3, -0.25) is 4.68 Å². The van der Waals surface area contributed by atoms with Crippen LogP contribution in [0.15, 0.2) is 16.8 Å². The van der Waals surface area contributed by atoms with Gasteiger partial charge >= 0.3 is 0 Å². The van der Waals surface area contributed by atoms with Crippen molar-refractivity contribution in [2.75, 3.05) is 6.54 Å². The first kappa shape index (κ1) is 14.7. The zero-order valence-corrected chi connectivity index (χ0v) is 12.8. The molecule has 0 spiro atoms. The molecule has 0 saturated carbocycles. The van der Waals surface area contributed by atoms with Crippen LogP contribution in [-0.2, 0) is 7.05 Å². The highest BCUT2D eigenvalue weighted by Crippen LogP contribution is 2.28. The van der Waals surface area contributed by atoms with Crippen LogP contribution in [0.25, 0.3) is 11.5 Å². The third-order valence-electron chi connectivity index (χ3n) is 3.45. The highest BCUT2D eigenvalue weighted by Gasteiger charge is 2.28. The maximum atomic E-state index is 5.47. The third-order valence-corrected chi connectivity index (χ3v) is 3.45. The maximum absolute atomic E-state index is 5.47. The zero-order valence-electron chi connectivity index (χ0n) is 12.8. The quantitative estimate of drug-likeness (QED) is 0.876. The Balaban J connectivity index is 2.25. The minimum atomic E-state index is 0.194. The van der Waals surface area contributed by atoms with Crippen molar-refractivity contribution in [1.82, 2.24) is 25.2 Å². The number of rotatable bonds is 6. The number of nitrogens with one attached hydrogen (secondary N) is 1. The van der Waals surface area contributed by atoms with Crippen LogP contribution < -0.4 is 5.32 Å². The molecule has 2 rings (SSSR count). The molecular formula is C14H23N5O. The Kier molecular flexibility index (Phi) is 4.54. The second-order valence-corrected chi connectivity index (χ2v) is 5.45. The lowest BCUT2D eigenvalue weighted by Crippen LogP contribution is -2.34. The largest absolute Gasteiger partial charge is 0.339 e. The van der Waals surface area contributed by atoms with E-state index in [2.05, 4.69) is 48.3 Å². The highest BCUT2D eigenvalue weighted by atomic mass is 16.5. The number of likely N-dealkylation sites (N-methyl/N-ethyl adjacent to an activating group) is 1. The van der Waals surface area contributed by atoms with E-state index in [9.17, 15) is 0 Å². The first-order valence-electron chi connectivity index (χ1n) is 7.10. The summed E-state index contributed by atoms with van der Waals surface area (Å²) < 4.78 is 7.20. The molecule has 2 aromatic heterocycles. The van der Waals surface area contributed by atoms with Gasteiger partial charge in [0.15, 0.2) is 0 Å². The van der Waals surface area contributed by atoms with Crippen LogP contribution in [0.5, 0.6) is 0 Å². The van der Waals surface area contributed by atoms with Crippen LogP contribution in [0, 0.1) is 5.92 Å². The van der Waals surface area contributed by atoms with Crippen molar-refractivity contribution >= 4 is 0 Å². The Bertz CT molecular complexity index is 545. The molecule has 2 unspecified atom stereocenters. The predicted molar refractivity (Wildman–Crippen MR) is 77.2 cm³/mol. The molecule has 2 aromatic rings. The second kappa shape index (κ2) is 6.17. The van der Waals surface area contributed by atoms with E-state index in [1.807, 2.05) is 19.3 Å². The van der Waals surface area contributed by atoms with Gasteiger partial charge in [0, 0.05) is 19.3 Å². The number of aryl methyl sites for hydroxylation is 1. The Morgan fingerprint density at radius 3 is 2.65 bits per heavy atom. The summed E-state index contributed by atoms with van der Waals surface area (Å²) in [5, 5.41) is 11.8. The number of hydrogen-bond acceptors (Lipinski definition) is 5. The molecule has 0 radical (unpaired) electrons. The SMILES string of the molecule is CCNC(C)C(c1nc(-c2ccn(C)n2)no1)C(C)C. The average molecular weight is 277 g/mol. The van der Waals surface area contributed by atoms with Crippen molar-refractivity contribution in [3.63, 3.8) is 0 Å². The van der Waals surface area contributed by atoms with Gasteiger partial charge in [-0.2, -0.15) is 10.1 Å². The van der Waals surface area contributed by atoms with Crippen molar-refractivity contribution in [3.05, 3.63) is 18.2 Å². The number of nitrogens with zero attached hydrogens (tertiary/aromatic N) is 4. The van der Waals surface area contributed by atoms with Gasteiger partial charge in [-0.15, -0.1) is 0 Å². The van der Waals surface area contributed by atoms with Gasteiger partial charge in [0.25, 0.3) is 0 Å². The minimum Gasteiger partial charge on any atom is -0.339 e. The molecule has 0 aromatic carbocycles. The highest BCUT2D eigenvalue weighted by molar-refractivity contribution is 5.46. The van der Waals surface area contributed by atoms with Gasteiger partial charge in [0.2, 0.25) is 11.7 Å². The van der Waals surface area contributed by atoms with Gasteiger partial charge < -0.3 is 9.84 Å². The molecule has 0 fully saturated rings. The summed E-state index contributed by atoms with van der Waals surface area (Å²) in [6.45, 7) is 9.51. The molecule has 0 aliphatic heterocycles. The van der Waals surface area contributed by atoms with E-state index in [1.54, 1.807) is 4.68 Å². The fraction of sp³-hybridized carbons (Fsp3) is 0.643. The molecule has 2 heterocycles. The third kappa shape index (κ3) is 3.07. The molecule has 0 saturated heterocycles. The normalized spacial score (nSPS) is 14.7. The molecule has 0 aliphatic rings. The van der Waals surface area contributed by atoms with E-state index < -0.39 is 0 Å². The van der Waals surface area contributed by atoms with E-state index in [0.717, 1.165) is 12.2 Å². The van der Waals surface area contributed by atoms with E-state index in [-0.39, 0.29) is 12.0 Å². The summed E-state index contributed by atoms with van der Waals surface area (Å²) in [6.07, 6.45) is 1.87. The minimum absolute atomic E-state index is 0.194. The van der Waals surface area contributed by atoms with Crippen LogP contribution >= 0.6 is 0 Å². The summed E-state index contributed by atoms with van der Waals surface area (Å²) in [4.78, 5) is 4.53.